The minimum absolute atomic E-state index is 0.227. The Morgan fingerprint density at radius 3 is 2.45 bits per heavy atom. The van der Waals surface area contributed by atoms with Crippen LogP contribution in [0.4, 0.5) is 13.2 Å². The zero-order valence-corrected chi connectivity index (χ0v) is 24.4. The van der Waals surface area contributed by atoms with Gasteiger partial charge < -0.3 is 15.1 Å². The highest BCUT2D eigenvalue weighted by Crippen LogP contribution is 2.36. The lowest BCUT2D eigenvalue weighted by Crippen LogP contribution is -2.45. The topological polar surface area (TPSA) is 127 Å². The summed E-state index contributed by atoms with van der Waals surface area (Å²) in [4.78, 5) is 26.9. The van der Waals surface area contributed by atoms with Crippen LogP contribution >= 0.6 is 11.5 Å². The molecular weight excluding hydrogens is 569 g/mol. The average molecular weight is 603 g/mol. The molecule has 0 unspecified atom stereocenters. The second-order valence-electron chi connectivity index (χ2n) is 10.5. The number of nitriles is 1. The van der Waals surface area contributed by atoms with Crippen molar-refractivity contribution in [3.05, 3.63) is 58.7 Å². The van der Waals surface area contributed by atoms with Crippen molar-refractivity contribution < 1.29 is 33.0 Å². The Hall–Kier alpha value is -3.82. The number of hydrogen-bond donors (Lipinski definition) is 2. The van der Waals surface area contributed by atoms with Gasteiger partial charge in [0.25, 0.3) is 0 Å². The Morgan fingerprint density at radius 1 is 1.19 bits per heavy atom. The molecule has 0 radical (unpaired) electrons. The second kappa shape index (κ2) is 14.4. The molecule has 224 valence electrons. The first kappa shape index (κ1) is 32.7. The van der Waals surface area contributed by atoms with E-state index in [0.29, 0.717) is 23.8 Å². The van der Waals surface area contributed by atoms with Crippen LogP contribution in [0.25, 0.3) is 22.0 Å². The van der Waals surface area contributed by atoms with E-state index in [1.54, 1.807) is 0 Å². The molecule has 0 spiro atoms. The number of benzene rings is 2. The molecule has 1 aliphatic rings. The van der Waals surface area contributed by atoms with E-state index in [0.717, 1.165) is 60.0 Å². The standard InChI is InChI=1S/C28H32N4O2S.C2HF3O2/c1-4-23-24(22-16-32(17-22)12-6-9-26(33)34)7-5-8-25(23)27-30-28(35-31-27)20-11-10-19(13-18(2)3)21(14-20)15-29;3-2(4,5)1(6)7/h5,7-8,10-11,14,18,22H,4,6,9,12-13,16-17H2,1-3H3,(H,33,34);(H,6,7). The van der Waals surface area contributed by atoms with Crippen LogP contribution in [-0.4, -0.2) is 62.2 Å². The fourth-order valence-corrected chi connectivity index (χ4v) is 5.55. The highest BCUT2D eigenvalue weighted by molar-refractivity contribution is 7.09. The quantitative estimate of drug-likeness (QED) is 0.273. The van der Waals surface area contributed by atoms with Crippen LogP contribution in [-0.2, 0) is 22.4 Å². The molecule has 12 heteroatoms. The highest BCUT2D eigenvalue weighted by atomic mass is 32.1. The van der Waals surface area contributed by atoms with E-state index >= 15 is 0 Å². The van der Waals surface area contributed by atoms with Crippen molar-refractivity contribution in [3.8, 4) is 28.0 Å². The number of aliphatic carboxylic acids is 2. The first-order valence-corrected chi connectivity index (χ1v) is 14.3. The van der Waals surface area contributed by atoms with E-state index in [2.05, 4.69) is 49.9 Å². The number of nitrogens with zero attached hydrogens (tertiary/aromatic N) is 4. The van der Waals surface area contributed by atoms with Gasteiger partial charge in [-0.3, -0.25) is 4.79 Å². The fraction of sp³-hybridized carbons (Fsp3) is 0.433. The summed E-state index contributed by atoms with van der Waals surface area (Å²) in [6, 6.07) is 14.8. The van der Waals surface area contributed by atoms with Gasteiger partial charge in [-0.2, -0.15) is 22.8 Å². The number of carboxylic acid groups (broad SMARTS) is 2. The third-order valence-corrected chi connectivity index (χ3v) is 7.61. The van der Waals surface area contributed by atoms with Gasteiger partial charge >= 0.3 is 18.1 Å². The molecule has 0 bridgehead atoms. The Bertz CT molecular complexity index is 1440. The molecule has 0 aliphatic carbocycles. The van der Waals surface area contributed by atoms with E-state index in [4.69, 9.17) is 24.4 Å². The highest BCUT2D eigenvalue weighted by Gasteiger charge is 2.38. The fourth-order valence-electron chi connectivity index (χ4n) is 4.88. The molecule has 4 rings (SSSR count). The molecule has 2 aromatic carbocycles. The third-order valence-electron chi connectivity index (χ3n) is 6.84. The minimum atomic E-state index is -5.08. The van der Waals surface area contributed by atoms with Crippen molar-refractivity contribution in [2.45, 2.75) is 58.5 Å². The predicted molar refractivity (Wildman–Crippen MR) is 153 cm³/mol. The molecule has 2 heterocycles. The van der Waals surface area contributed by atoms with Crippen molar-refractivity contribution in [2.75, 3.05) is 19.6 Å². The van der Waals surface area contributed by atoms with Crippen LogP contribution in [0, 0.1) is 17.2 Å². The van der Waals surface area contributed by atoms with Crippen molar-refractivity contribution in [2.24, 2.45) is 5.92 Å². The van der Waals surface area contributed by atoms with Gasteiger partial charge in [0.05, 0.1) is 11.6 Å². The van der Waals surface area contributed by atoms with E-state index in [9.17, 15) is 23.2 Å². The van der Waals surface area contributed by atoms with Gasteiger partial charge in [-0.25, -0.2) is 9.78 Å². The Labute approximate surface area is 246 Å². The van der Waals surface area contributed by atoms with E-state index in [1.807, 2.05) is 18.2 Å². The van der Waals surface area contributed by atoms with Crippen molar-refractivity contribution in [1.29, 1.82) is 5.26 Å². The molecular formula is C30H33F3N4O4S. The van der Waals surface area contributed by atoms with E-state index in [1.165, 1.54) is 22.7 Å². The summed E-state index contributed by atoms with van der Waals surface area (Å²) in [5.41, 5.74) is 6.44. The Kier molecular flexibility index (Phi) is 11.2. The summed E-state index contributed by atoms with van der Waals surface area (Å²) >= 11 is 1.37. The number of hydrogen-bond acceptors (Lipinski definition) is 7. The van der Waals surface area contributed by atoms with Gasteiger partial charge in [-0.05, 0) is 66.0 Å². The van der Waals surface area contributed by atoms with Gasteiger partial charge in [0.2, 0.25) is 0 Å². The van der Waals surface area contributed by atoms with E-state index < -0.39 is 18.1 Å². The maximum atomic E-state index is 10.8. The monoisotopic (exact) mass is 602 g/mol. The SMILES string of the molecule is CCc1c(-c2nsc(-c3ccc(CC(C)C)c(C#N)c3)n2)cccc1C1CN(CCCC(=O)O)C1.O=C(O)C(F)(F)F. The molecule has 0 saturated carbocycles. The summed E-state index contributed by atoms with van der Waals surface area (Å²) in [6.07, 6.45) is -2.38. The number of carbonyl (C=O) groups is 2. The number of halogens is 3. The van der Waals surface area contributed by atoms with Crippen LogP contribution in [0.5, 0.6) is 0 Å². The normalized spacial score (nSPS) is 13.7. The molecule has 42 heavy (non-hydrogen) atoms. The molecule has 2 N–H and O–H groups in total. The van der Waals surface area contributed by atoms with Crippen molar-refractivity contribution in [1.82, 2.24) is 14.3 Å². The molecule has 0 amide bonds. The molecule has 3 aromatic rings. The van der Waals surface area contributed by atoms with Crippen LogP contribution < -0.4 is 0 Å². The molecule has 0 atom stereocenters. The van der Waals surface area contributed by atoms with Gasteiger partial charge in [0.15, 0.2) is 5.82 Å². The Balaban J connectivity index is 0.000000616. The molecule has 8 nitrogen and oxygen atoms in total. The lowest BCUT2D eigenvalue weighted by atomic mass is 9.85. The van der Waals surface area contributed by atoms with Crippen LogP contribution in [0.1, 0.15) is 61.8 Å². The number of likely N-dealkylation sites (tertiary alicyclic amines) is 1. The van der Waals surface area contributed by atoms with Crippen LogP contribution in [0.15, 0.2) is 36.4 Å². The number of rotatable bonds is 10. The number of alkyl halides is 3. The molecule has 1 saturated heterocycles. The smallest absolute Gasteiger partial charge is 0.481 e. The van der Waals surface area contributed by atoms with Crippen LogP contribution in [0.3, 0.4) is 0 Å². The first-order valence-electron chi connectivity index (χ1n) is 13.6. The summed E-state index contributed by atoms with van der Waals surface area (Å²) in [5, 5.41) is 26.5. The molecule has 1 fully saturated rings. The number of aromatic nitrogens is 2. The van der Waals surface area contributed by atoms with Gasteiger partial charge in [-0.1, -0.05) is 51.1 Å². The summed E-state index contributed by atoms with van der Waals surface area (Å²) in [5.74, 6) is -1.79. The zero-order chi connectivity index (χ0) is 31.0. The van der Waals surface area contributed by atoms with Crippen LogP contribution in [0.2, 0.25) is 0 Å². The van der Waals surface area contributed by atoms with Crippen molar-refractivity contribution in [3.63, 3.8) is 0 Å². The number of carboxylic acids is 2. The first-order chi connectivity index (χ1) is 19.8. The third kappa shape index (κ3) is 8.59. The minimum Gasteiger partial charge on any atom is -0.481 e. The predicted octanol–water partition coefficient (Wildman–Crippen LogP) is 6.40. The summed E-state index contributed by atoms with van der Waals surface area (Å²) < 4.78 is 36.4. The lowest BCUT2D eigenvalue weighted by molar-refractivity contribution is -0.192. The van der Waals surface area contributed by atoms with Gasteiger partial charge in [0, 0.05) is 36.6 Å². The van der Waals surface area contributed by atoms with E-state index in [-0.39, 0.29) is 6.42 Å². The largest absolute Gasteiger partial charge is 0.490 e. The maximum absolute atomic E-state index is 10.8. The summed E-state index contributed by atoms with van der Waals surface area (Å²) in [6.45, 7) is 9.25. The zero-order valence-electron chi connectivity index (χ0n) is 23.6. The Morgan fingerprint density at radius 2 is 1.88 bits per heavy atom. The lowest BCUT2D eigenvalue weighted by Gasteiger charge is -2.40. The summed E-state index contributed by atoms with van der Waals surface area (Å²) in [7, 11) is 0. The molecule has 1 aliphatic heterocycles. The maximum Gasteiger partial charge on any atom is 0.490 e. The molecule has 1 aromatic heterocycles. The van der Waals surface area contributed by atoms with Gasteiger partial charge in [-0.15, -0.1) is 0 Å². The average Bonchev–Trinajstić information content (AvgIpc) is 3.39. The van der Waals surface area contributed by atoms with Gasteiger partial charge in [0.1, 0.15) is 5.01 Å². The van der Waals surface area contributed by atoms with Crippen molar-refractivity contribution >= 4 is 23.5 Å². The second-order valence-corrected chi connectivity index (χ2v) is 11.2.